The number of carbonyl (C=O) groups excluding carboxylic acids is 3. The molecular weight excluding hydrogens is 492 g/mol. The number of ether oxygens (including phenoxy) is 1. The number of carbonyl (C=O) groups is 3. The third-order valence-electron chi connectivity index (χ3n) is 7.51. The zero-order valence-corrected chi connectivity index (χ0v) is 22.0. The van der Waals surface area contributed by atoms with Gasteiger partial charge in [0.05, 0.1) is 41.8 Å². The van der Waals surface area contributed by atoms with Crippen molar-refractivity contribution < 1.29 is 24.2 Å². The molecular formula is C29H33ClN2O5. The van der Waals surface area contributed by atoms with Crippen LogP contribution >= 0.6 is 11.6 Å². The highest BCUT2D eigenvalue weighted by Gasteiger charge is 2.59. The summed E-state index contributed by atoms with van der Waals surface area (Å²) in [4.78, 5) is 42.7. The molecule has 2 aromatic rings. The van der Waals surface area contributed by atoms with Crippen LogP contribution in [0.4, 0.5) is 5.69 Å². The molecule has 2 amide bonds. The lowest BCUT2D eigenvalue weighted by molar-refractivity contribution is -0.156. The van der Waals surface area contributed by atoms with Gasteiger partial charge in [-0.3, -0.25) is 14.4 Å². The Morgan fingerprint density at radius 2 is 1.84 bits per heavy atom. The highest BCUT2D eigenvalue weighted by atomic mass is 35.5. The number of nitrogens with one attached hydrogen (secondary N) is 1. The number of para-hydroxylation sites is 1. The monoisotopic (exact) mass is 524 g/mol. The summed E-state index contributed by atoms with van der Waals surface area (Å²) < 4.78 is 5.39. The minimum atomic E-state index is -0.962. The number of rotatable bonds is 8. The standard InChI is InChI=1S/C29H33ClN2O5/c1-4-18-14-15-20-24(23(18)29(36)37-5-2)28(35)32(22(16-33)19-11-7-6-8-12-19)26(20)27(34)31-25-17(3)10-9-13-21(25)30/h6-15,18,20,22-24,26,33H,4-5,16H2,1-3H3,(H,31,34)/t18-,20+,22-,23-,24+,26+/m1/s1. The molecule has 1 aliphatic heterocycles. The Balaban J connectivity index is 1.81. The lowest BCUT2D eigenvalue weighted by Crippen LogP contribution is -2.47. The Hall–Kier alpha value is -3.16. The Kier molecular flexibility index (Phi) is 8.35. The number of amides is 2. The highest BCUT2D eigenvalue weighted by molar-refractivity contribution is 6.34. The van der Waals surface area contributed by atoms with Gasteiger partial charge in [-0.25, -0.2) is 0 Å². The molecule has 0 saturated carbocycles. The van der Waals surface area contributed by atoms with Crippen molar-refractivity contribution >= 4 is 35.1 Å². The number of esters is 1. The van der Waals surface area contributed by atoms with Gasteiger partial charge in [0.2, 0.25) is 11.8 Å². The molecule has 196 valence electrons. The molecule has 7 nitrogen and oxygen atoms in total. The zero-order valence-electron chi connectivity index (χ0n) is 21.3. The zero-order chi connectivity index (χ0) is 26.7. The van der Waals surface area contributed by atoms with Crippen LogP contribution in [0.5, 0.6) is 0 Å². The Bertz CT molecular complexity index is 1160. The van der Waals surface area contributed by atoms with Crippen LogP contribution in [-0.4, -0.2) is 47.0 Å². The minimum absolute atomic E-state index is 0.192. The first-order valence-corrected chi connectivity index (χ1v) is 13.1. The number of likely N-dealkylation sites (tertiary alicyclic amines) is 1. The summed E-state index contributed by atoms with van der Waals surface area (Å²) in [6, 6.07) is 12.7. The van der Waals surface area contributed by atoms with Crippen LogP contribution in [-0.2, 0) is 19.1 Å². The largest absolute Gasteiger partial charge is 0.466 e. The SMILES string of the molecule is CCOC(=O)[C@H]1[C@H]2C(=O)N([C@H](CO)c3ccccc3)[C@H](C(=O)Nc3c(C)cccc3Cl)[C@H]2C=C[C@H]1CC. The summed E-state index contributed by atoms with van der Waals surface area (Å²) in [5.41, 5.74) is 1.95. The van der Waals surface area contributed by atoms with Crippen LogP contribution in [0.2, 0.25) is 5.02 Å². The summed E-state index contributed by atoms with van der Waals surface area (Å²) in [6.45, 7) is 5.35. The first-order valence-electron chi connectivity index (χ1n) is 12.7. The number of hydrogen-bond donors (Lipinski definition) is 2. The molecule has 0 spiro atoms. The van der Waals surface area contributed by atoms with Crippen LogP contribution in [0.25, 0.3) is 0 Å². The highest BCUT2D eigenvalue weighted by Crippen LogP contribution is 2.48. The second kappa shape index (κ2) is 11.5. The van der Waals surface area contributed by atoms with Crippen molar-refractivity contribution in [3.8, 4) is 0 Å². The van der Waals surface area contributed by atoms with E-state index >= 15 is 0 Å². The van der Waals surface area contributed by atoms with Gasteiger partial charge >= 0.3 is 5.97 Å². The molecule has 2 aliphatic rings. The molecule has 0 bridgehead atoms. The van der Waals surface area contributed by atoms with Gasteiger partial charge in [-0.2, -0.15) is 0 Å². The normalized spacial score (nSPS) is 25.5. The second-order valence-corrected chi connectivity index (χ2v) is 9.97. The van der Waals surface area contributed by atoms with Gasteiger partial charge in [0.15, 0.2) is 0 Å². The average Bonchev–Trinajstić information content (AvgIpc) is 3.19. The summed E-state index contributed by atoms with van der Waals surface area (Å²) >= 11 is 6.40. The van der Waals surface area contributed by atoms with Crippen molar-refractivity contribution in [3.63, 3.8) is 0 Å². The maximum Gasteiger partial charge on any atom is 0.310 e. The van der Waals surface area contributed by atoms with E-state index < -0.39 is 41.7 Å². The van der Waals surface area contributed by atoms with E-state index in [-0.39, 0.29) is 25.0 Å². The molecule has 8 heteroatoms. The number of anilines is 1. The van der Waals surface area contributed by atoms with Crippen molar-refractivity contribution in [3.05, 3.63) is 76.8 Å². The van der Waals surface area contributed by atoms with Gasteiger partial charge in [0, 0.05) is 5.92 Å². The molecule has 4 rings (SSSR count). The summed E-state index contributed by atoms with van der Waals surface area (Å²) in [6.07, 6.45) is 4.46. The number of benzene rings is 2. The van der Waals surface area contributed by atoms with E-state index in [4.69, 9.17) is 16.3 Å². The molecule has 2 aromatic carbocycles. The predicted molar refractivity (Wildman–Crippen MR) is 142 cm³/mol. The number of aliphatic hydroxyl groups excluding tert-OH is 1. The van der Waals surface area contributed by atoms with Crippen molar-refractivity contribution in [1.82, 2.24) is 4.90 Å². The molecule has 2 N–H and O–H groups in total. The van der Waals surface area contributed by atoms with E-state index in [2.05, 4.69) is 5.32 Å². The number of allylic oxidation sites excluding steroid dienone is 1. The summed E-state index contributed by atoms with van der Waals surface area (Å²) in [5, 5.41) is 13.8. The Labute approximate surface area is 222 Å². The van der Waals surface area contributed by atoms with E-state index in [1.165, 1.54) is 4.90 Å². The maximum atomic E-state index is 14.2. The molecule has 1 aliphatic carbocycles. The molecule has 1 saturated heterocycles. The lowest BCUT2D eigenvalue weighted by atomic mass is 9.69. The van der Waals surface area contributed by atoms with Crippen LogP contribution in [0.1, 0.15) is 37.4 Å². The number of hydrogen-bond acceptors (Lipinski definition) is 5. The smallest absolute Gasteiger partial charge is 0.310 e. The molecule has 0 unspecified atom stereocenters. The topological polar surface area (TPSA) is 95.9 Å². The number of nitrogens with zero attached hydrogens (tertiary/aromatic N) is 1. The fourth-order valence-electron chi connectivity index (χ4n) is 5.75. The fraction of sp³-hybridized carbons (Fsp3) is 0.414. The average molecular weight is 525 g/mol. The first kappa shape index (κ1) is 26.9. The number of aliphatic hydroxyl groups is 1. The van der Waals surface area contributed by atoms with Gasteiger partial charge < -0.3 is 20.1 Å². The van der Waals surface area contributed by atoms with Gasteiger partial charge in [-0.05, 0) is 43.4 Å². The van der Waals surface area contributed by atoms with Gasteiger partial charge in [0.1, 0.15) is 6.04 Å². The van der Waals surface area contributed by atoms with E-state index in [0.29, 0.717) is 22.7 Å². The summed E-state index contributed by atoms with van der Waals surface area (Å²) in [5.74, 6) is -3.48. The van der Waals surface area contributed by atoms with Crippen molar-refractivity contribution in [1.29, 1.82) is 0 Å². The molecule has 0 radical (unpaired) electrons. The number of aryl methyl sites for hydroxylation is 1. The molecule has 37 heavy (non-hydrogen) atoms. The molecule has 1 heterocycles. The third-order valence-corrected chi connectivity index (χ3v) is 7.82. The van der Waals surface area contributed by atoms with Gasteiger partial charge in [-0.1, -0.05) is 73.1 Å². The molecule has 1 fully saturated rings. The van der Waals surface area contributed by atoms with Crippen LogP contribution in [0, 0.1) is 30.6 Å². The maximum absolute atomic E-state index is 14.2. The summed E-state index contributed by atoms with van der Waals surface area (Å²) in [7, 11) is 0. The van der Waals surface area contributed by atoms with Crippen LogP contribution in [0.15, 0.2) is 60.7 Å². The first-order chi connectivity index (χ1) is 17.8. The molecule has 0 aromatic heterocycles. The number of fused-ring (bicyclic) bond motifs is 1. The van der Waals surface area contributed by atoms with Crippen molar-refractivity contribution in [2.24, 2.45) is 23.7 Å². The lowest BCUT2D eigenvalue weighted by Gasteiger charge is -2.34. The Morgan fingerprint density at radius 1 is 1.11 bits per heavy atom. The van der Waals surface area contributed by atoms with E-state index in [0.717, 1.165) is 5.56 Å². The van der Waals surface area contributed by atoms with E-state index in [9.17, 15) is 19.5 Å². The number of halogens is 1. The third kappa shape index (κ3) is 5.03. The second-order valence-electron chi connectivity index (χ2n) is 9.56. The fourth-order valence-corrected chi connectivity index (χ4v) is 6.01. The van der Waals surface area contributed by atoms with E-state index in [1.807, 2.05) is 62.4 Å². The van der Waals surface area contributed by atoms with Crippen molar-refractivity contribution in [2.45, 2.75) is 39.3 Å². The molecule has 6 atom stereocenters. The Morgan fingerprint density at radius 3 is 2.46 bits per heavy atom. The van der Waals surface area contributed by atoms with Gasteiger partial charge in [0.25, 0.3) is 0 Å². The van der Waals surface area contributed by atoms with Crippen LogP contribution in [0.3, 0.4) is 0 Å². The van der Waals surface area contributed by atoms with Crippen molar-refractivity contribution in [2.75, 3.05) is 18.5 Å². The predicted octanol–water partition coefficient (Wildman–Crippen LogP) is 4.54. The quantitative estimate of drug-likeness (QED) is 0.390. The van der Waals surface area contributed by atoms with Gasteiger partial charge in [-0.15, -0.1) is 0 Å². The van der Waals surface area contributed by atoms with E-state index in [1.54, 1.807) is 19.1 Å². The van der Waals surface area contributed by atoms with Crippen LogP contribution < -0.4 is 5.32 Å². The minimum Gasteiger partial charge on any atom is -0.466 e.